The molecule has 0 aliphatic carbocycles. The minimum absolute atomic E-state index is 0.0202. The van der Waals surface area contributed by atoms with Crippen LogP contribution >= 0.6 is 0 Å². The summed E-state index contributed by atoms with van der Waals surface area (Å²) in [5, 5.41) is 2.87. The number of benzene rings is 2. The molecule has 0 aliphatic heterocycles. The van der Waals surface area contributed by atoms with Gasteiger partial charge in [-0.2, -0.15) is 4.72 Å². The first kappa shape index (κ1) is 21.9. The highest BCUT2D eigenvalue weighted by Gasteiger charge is 2.25. The van der Waals surface area contributed by atoms with Crippen LogP contribution in [0, 0.1) is 6.92 Å². The van der Waals surface area contributed by atoms with Crippen LogP contribution in [0.4, 0.5) is 0 Å². The molecule has 28 heavy (non-hydrogen) atoms. The lowest BCUT2D eigenvalue weighted by Gasteiger charge is -2.19. The number of hydrogen-bond acceptors (Lipinski definition) is 4. The molecule has 0 fully saturated rings. The minimum atomic E-state index is -3.90. The normalized spacial score (nSPS) is 13.6. The van der Waals surface area contributed by atoms with Gasteiger partial charge in [-0.05, 0) is 56.9 Å². The molecule has 0 spiro atoms. The maximum absolute atomic E-state index is 12.7. The molecule has 2 N–H and O–H groups in total. The second-order valence-corrected chi connectivity index (χ2v) is 8.61. The molecule has 2 aromatic rings. The van der Waals surface area contributed by atoms with Gasteiger partial charge in [0.2, 0.25) is 15.9 Å². The maximum atomic E-state index is 12.7. The Morgan fingerprint density at radius 3 is 2.43 bits per heavy atom. The van der Waals surface area contributed by atoms with Crippen LogP contribution in [0.15, 0.2) is 53.4 Å². The molecule has 6 nitrogen and oxygen atoms in total. The number of nitrogens with one attached hydrogen (secondary N) is 2. The topological polar surface area (TPSA) is 84.5 Å². The van der Waals surface area contributed by atoms with Gasteiger partial charge in [0.05, 0.1) is 13.2 Å². The van der Waals surface area contributed by atoms with Gasteiger partial charge >= 0.3 is 0 Å². The van der Waals surface area contributed by atoms with Crippen LogP contribution in [0.5, 0.6) is 5.75 Å². The van der Waals surface area contributed by atoms with Crippen molar-refractivity contribution in [3.63, 3.8) is 0 Å². The summed E-state index contributed by atoms with van der Waals surface area (Å²) >= 11 is 0. The van der Waals surface area contributed by atoms with Crippen molar-refractivity contribution in [1.29, 1.82) is 0 Å². The predicted molar refractivity (Wildman–Crippen MR) is 110 cm³/mol. The fourth-order valence-corrected chi connectivity index (χ4v) is 4.27. The Bertz CT molecular complexity index is 898. The number of amides is 1. The van der Waals surface area contributed by atoms with E-state index in [2.05, 4.69) is 10.0 Å². The number of rotatable bonds is 9. The van der Waals surface area contributed by atoms with Crippen molar-refractivity contribution in [2.45, 2.75) is 50.6 Å². The second kappa shape index (κ2) is 9.71. The SMILES string of the molecule is COc1ccc(C)cc1S(=O)(=O)N[C@@H](C)C(=O)N[C@H](C)CCc1ccccc1. The fourth-order valence-electron chi connectivity index (χ4n) is 2.81. The van der Waals surface area contributed by atoms with Gasteiger partial charge in [0.1, 0.15) is 10.6 Å². The molecule has 0 saturated carbocycles. The summed E-state index contributed by atoms with van der Waals surface area (Å²) in [6.45, 7) is 5.23. The molecule has 2 rings (SSSR count). The van der Waals surface area contributed by atoms with E-state index in [9.17, 15) is 13.2 Å². The molecule has 2 aromatic carbocycles. The lowest BCUT2D eigenvalue weighted by molar-refractivity contribution is -0.123. The Hall–Kier alpha value is -2.38. The third-order valence-corrected chi connectivity index (χ3v) is 5.99. The van der Waals surface area contributed by atoms with Gasteiger partial charge in [-0.3, -0.25) is 4.79 Å². The van der Waals surface area contributed by atoms with E-state index in [0.717, 1.165) is 18.4 Å². The van der Waals surface area contributed by atoms with Crippen molar-refractivity contribution in [3.8, 4) is 5.75 Å². The van der Waals surface area contributed by atoms with Crippen LogP contribution in [0.25, 0.3) is 0 Å². The summed E-state index contributed by atoms with van der Waals surface area (Å²) in [5.41, 5.74) is 1.98. The van der Waals surface area contributed by atoms with Crippen molar-refractivity contribution in [1.82, 2.24) is 10.0 Å². The summed E-state index contributed by atoms with van der Waals surface area (Å²) in [4.78, 5) is 12.4. The van der Waals surface area contributed by atoms with Crippen molar-refractivity contribution in [2.75, 3.05) is 7.11 Å². The average Bonchev–Trinajstić information content (AvgIpc) is 2.66. The van der Waals surface area contributed by atoms with E-state index in [1.54, 1.807) is 19.1 Å². The number of carbonyl (C=O) groups is 1. The van der Waals surface area contributed by atoms with Crippen molar-refractivity contribution >= 4 is 15.9 Å². The lowest BCUT2D eigenvalue weighted by Crippen LogP contribution is -2.47. The van der Waals surface area contributed by atoms with E-state index in [0.29, 0.717) is 0 Å². The van der Waals surface area contributed by atoms with Gasteiger partial charge in [-0.1, -0.05) is 36.4 Å². The summed E-state index contributed by atoms with van der Waals surface area (Å²) in [6, 6.07) is 13.9. The van der Waals surface area contributed by atoms with Crippen LogP contribution < -0.4 is 14.8 Å². The number of methoxy groups -OCH3 is 1. The van der Waals surface area contributed by atoms with Gasteiger partial charge in [0, 0.05) is 6.04 Å². The zero-order chi connectivity index (χ0) is 20.7. The standard InChI is InChI=1S/C21H28N2O4S/c1-15-10-13-19(27-4)20(14-15)28(25,26)23-17(3)21(24)22-16(2)11-12-18-8-6-5-7-9-18/h5-10,13-14,16-17,23H,11-12H2,1-4H3,(H,22,24)/t16-,17+/m1/s1. The molecule has 152 valence electrons. The van der Waals surface area contributed by atoms with Gasteiger partial charge < -0.3 is 10.1 Å². The zero-order valence-corrected chi connectivity index (χ0v) is 17.5. The highest BCUT2D eigenvalue weighted by Crippen LogP contribution is 2.24. The minimum Gasteiger partial charge on any atom is -0.495 e. The van der Waals surface area contributed by atoms with Gasteiger partial charge in [-0.25, -0.2) is 8.42 Å². The van der Waals surface area contributed by atoms with Gasteiger partial charge in [0.15, 0.2) is 0 Å². The third kappa shape index (κ3) is 6.07. The number of aryl methyl sites for hydroxylation is 2. The molecule has 7 heteroatoms. The van der Waals surface area contributed by atoms with Crippen molar-refractivity contribution in [2.24, 2.45) is 0 Å². The van der Waals surface area contributed by atoms with Crippen LogP contribution in [-0.2, 0) is 21.2 Å². The van der Waals surface area contributed by atoms with Crippen LogP contribution in [0.2, 0.25) is 0 Å². The fraction of sp³-hybridized carbons (Fsp3) is 0.381. The highest BCUT2D eigenvalue weighted by molar-refractivity contribution is 7.89. The van der Waals surface area contributed by atoms with E-state index in [1.807, 2.05) is 37.3 Å². The monoisotopic (exact) mass is 404 g/mol. The average molecular weight is 405 g/mol. The molecule has 0 radical (unpaired) electrons. The first-order valence-corrected chi connectivity index (χ1v) is 10.7. The quantitative estimate of drug-likeness (QED) is 0.673. The molecule has 0 aromatic heterocycles. The largest absolute Gasteiger partial charge is 0.495 e. The number of sulfonamides is 1. The molecule has 0 unspecified atom stereocenters. The van der Waals surface area contributed by atoms with E-state index < -0.39 is 16.1 Å². The van der Waals surface area contributed by atoms with E-state index in [1.165, 1.54) is 25.7 Å². The molecular formula is C21H28N2O4S. The maximum Gasteiger partial charge on any atom is 0.244 e. The Morgan fingerprint density at radius 2 is 1.79 bits per heavy atom. The van der Waals surface area contributed by atoms with Crippen LogP contribution in [0.3, 0.4) is 0 Å². The summed E-state index contributed by atoms with van der Waals surface area (Å²) < 4.78 is 33.0. The Kier molecular flexibility index (Phi) is 7.60. The highest BCUT2D eigenvalue weighted by atomic mass is 32.2. The zero-order valence-electron chi connectivity index (χ0n) is 16.7. The molecule has 2 atom stereocenters. The van der Waals surface area contributed by atoms with E-state index in [4.69, 9.17) is 4.74 Å². The van der Waals surface area contributed by atoms with Crippen molar-refractivity contribution in [3.05, 3.63) is 59.7 Å². The Labute approximate surface area is 167 Å². The predicted octanol–water partition coefficient (Wildman–Crippen LogP) is 2.81. The lowest BCUT2D eigenvalue weighted by atomic mass is 10.1. The molecule has 1 amide bonds. The number of hydrogen-bond donors (Lipinski definition) is 2. The third-order valence-electron chi connectivity index (χ3n) is 4.43. The molecule has 0 bridgehead atoms. The summed E-state index contributed by atoms with van der Waals surface area (Å²) in [7, 11) is -2.49. The second-order valence-electron chi connectivity index (χ2n) is 6.93. The van der Waals surface area contributed by atoms with Gasteiger partial charge in [-0.15, -0.1) is 0 Å². The first-order valence-electron chi connectivity index (χ1n) is 9.24. The molecule has 0 aliphatic rings. The van der Waals surface area contributed by atoms with Gasteiger partial charge in [0.25, 0.3) is 0 Å². The smallest absolute Gasteiger partial charge is 0.244 e. The van der Waals surface area contributed by atoms with Crippen LogP contribution in [0.1, 0.15) is 31.4 Å². The van der Waals surface area contributed by atoms with E-state index >= 15 is 0 Å². The molecule has 0 saturated heterocycles. The summed E-state index contributed by atoms with van der Waals surface area (Å²) in [5.74, 6) is -0.127. The van der Waals surface area contributed by atoms with Crippen molar-refractivity contribution < 1.29 is 17.9 Å². The Morgan fingerprint density at radius 1 is 1.11 bits per heavy atom. The number of ether oxygens (including phenoxy) is 1. The molecular weight excluding hydrogens is 376 g/mol. The van der Waals surface area contributed by atoms with Crippen LogP contribution in [-0.4, -0.2) is 33.5 Å². The molecule has 0 heterocycles. The Balaban J connectivity index is 1.96. The first-order chi connectivity index (χ1) is 13.2. The van der Waals surface area contributed by atoms with E-state index in [-0.39, 0.29) is 22.6 Å². The number of carbonyl (C=O) groups excluding carboxylic acids is 1. The summed E-state index contributed by atoms with van der Waals surface area (Å²) in [6.07, 6.45) is 1.60.